The second kappa shape index (κ2) is 3.27. The van der Waals surface area contributed by atoms with Crippen LogP contribution in [0.3, 0.4) is 0 Å². The van der Waals surface area contributed by atoms with Crippen LogP contribution in [0.15, 0.2) is 10.5 Å². The van der Waals surface area contributed by atoms with Gasteiger partial charge in [-0.1, -0.05) is 15.9 Å². The van der Waals surface area contributed by atoms with Gasteiger partial charge in [0.05, 0.1) is 0 Å². The molecule has 0 fully saturated rings. The first-order valence-electron chi connectivity index (χ1n) is 3.58. The molecule has 0 spiro atoms. The van der Waals surface area contributed by atoms with Crippen molar-refractivity contribution in [2.75, 3.05) is 5.73 Å². The van der Waals surface area contributed by atoms with E-state index in [9.17, 15) is 4.79 Å². The molecule has 2 nitrogen and oxygen atoms in total. The van der Waals surface area contributed by atoms with Gasteiger partial charge in [-0.15, -0.1) is 0 Å². The number of hydrogen-bond acceptors (Lipinski definition) is 2. The van der Waals surface area contributed by atoms with E-state index in [1.165, 1.54) is 0 Å². The van der Waals surface area contributed by atoms with Crippen LogP contribution >= 0.6 is 15.9 Å². The highest BCUT2D eigenvalue weighted by Gasteiger charge is 2.07. The lowest BCUT2D eigenvalue weighted by molar-refractivity contribution is 0.112. The van der Waals surface area contributed by atoms with Gasteiger partial charge in [0.15, 0.2) is 0 Å². The summed E-state index contributed by atoms with van der Waals surface area (Å²) in [6.07, 6.45) is 0.815. The molecule has 2 N–H and O–H groups in total. The fourth-order valence-electron chi connectivity index (χ4n) is 1.04. The monoisotopic (exact) mass is 227 g/mol. The van der Waals surface area contributed by atoms with E-state index in [4.69, 9.17) is 5.73 Å². The van der Waals surface area contributed by atoms with Gasteiger partial charge in [0.25, 0.3) is 0 Å². The maximum Gasteiger partial charge on any atom is 0.150 e. The fraction of sp³-hybridized carbons (Fsp3) is 0.222. The summed E-state index contributed by atoms with van der Waals surface area (Å²) in [5.74, 6) is 0. The summed E-state index contributed by atoms with van der Waals surface area (Å²) in [4.78, 5) is 10.6. The molecule has 3 heteroatoms. The summed E-state index contributed by atoms with van der Waals surface area (Å²) in [5.41, 5.74) is 8.94. The SMILES string of the molecule is Cc1c(Br)cc(C=O)c(C)c1N. The Morgan fingerprint density at radius 1 is 1.42 bits per heavy atom. The van der Waals surface area contributed by atoms with Crippen LogP contribution in [0.2, 0.25) is 0 Å². The molecule has 0 bridgehead atoms. The van der Waals surface area contributed by atoms with Gasteiger partial charge in [-0.3, -0.25) is 4.79 Å². The zero-order valence-electron chi connectivity index (χ0n) is 7.02. The fourth-order valence-corrected chi connectivity index (χ4v) is 1.50. The Kier molecular flexibility index (Phi) is 2.52. The highest BCUT2D eigenvalue weighted by molar-refractivity contribution is 9.10. The number of carbonyl (C=O) groups excluding carboxylic acids is 1. The van der Waals surface area contributed by atoms with Crippen molar-refractivity contribution in [1.82, 2.24) is 0 Å². The van der Waals surface area contributed by atoms with Crippen molar-refractivity contribution in [2.45, 2.75) is 13.8 Å². The Morgan fingerprint density at radius 2 is 2.00 bits per heavy atom. The predicted octanol–water partition coefficient (Wildman–Crippen LogP) is 2.46. The summed E-state index contributed by atoms with van der Waals surface area (Å²) >= 11 is 3.33. The zero-order valence-corrected chi connectivity index (χ0v) is 8.60. The largest absolute Gasteiger partial charge is 0.398 e. The lowest BCUT2D eigenvalue weighted by Crippen LogP contribution is -1.98. The smallest absolute Gasteiger partial charge is 0.150 e. The lowest BCUT2D eigenvalue weighted by Gasteiger charge is -2.08. The second-order valence-corrected chi connectivity index (χ2v) is 3.58. The van der Waals surface area contributed by atoms with Crippen molar-refractivity contribution >= 4 is 27.9 Å². The first kappa shape index (κ1) is 9.26. The Morgan fingerprint density at radius 3 is 2.50 bits per heavy atom. The number of hydrogen-bond donors (Lipinski definition) is 1. The maximum absolute atomic E-state index is 10.6. The molecule has 12 heavy (non-hydrogen) atoms. The van der Waals surface area contributed by atoms with Crippen molar-refractivity contribution in [3.8, 4) is 0 Å². The third kappa shape index (κ3) is 1.37. The van der Waals surface area contributed by atoms with Crippen LogP contribution in [0.5, 0.6) is 0 Å². The van der Waals surface area contributed by atoms with Gasteiger partial charge >= 0.3 is 0 Å². The summed E-state index contributed by atoms with van der Waals surface area (Å²) in [6.45, 7) is 3.76. The molecule has 0 saturated heterocycles. The molecule has 0 heterocycles. The maximum atomic E-state index is 10.6. The van der Waals surface area contributed by atoms with Crippen molar-refractivity contribution in [3.63, 3.8) is 0 Å². The van der Waals surface area contributed by atoms with E-state index >= 15 is 0 Å². The Hall–Kier alpha value is -0.830. The van der Waals surface area contributed by atoms with Crippen molar-refractivity contribution in [2.24, 2.45) is 0 Å². The van der Waals surface area contributed by atoms with Crippen LogP contribution in [0.4, 0.5) is 5.69 Å². The molecule has 1 aromatic rings. The molecule has 64 valence electrons. The number of anilines is 1. The number of rotatable bonds is 1. The Balaban J connectivity index is 3.49. The van der Waals surface area contributed by atoms with Gasteiger partial charge in [-0.2, -0.15) is 0 Å². The minimum atomic E-state index is 0.643. The first-order chi connectivity index (χ1) is 5.57. The minimum absolute atomic E-state index is 0.643. The molecular formula is C9H10BrNO. The van der Waals surface area contributed by atoms with E-state index < -0.39 is 0 Å². The number of nitrogens with two attached hydrogens (primary N) is 1. The molecule has 0 saturated carbocycles. The van der Waals surface area contributed by atoms with E-state index in [-0.39, 0.29) is 0 Å². The van der Waals surface area contributed by atoms with Crippen molar-refractivity contribution in [3.05, 3.63) is 27.2 Å². The third-order valence-corrected chi connectivity index (χ3v) is 2.83. The molecule has 0 unspecified atom stereocenters. The summed E-state index contributed by atoms with van der Waals surface area (Å²) in [5, 5.41) is 0. The van der Waals surface area contributed by atoms with Crippen LogP contribution < -0.4 is 5.73 Å². The molecule has 0 aliphatic carbocycles. The summed E-state index contributed by atoms with van der Waals surface area (Å²) in [6, 6.07) is 1.79. The molecule has 0 aliphatic heterocycles. The summed E-state index contributed by atoms with van der Waals surface area (Å²) in [7, 11) is 0. The highest BCUT2D eigenvalue weighted by Crippen LogP contribution is 2.27. The number of nitrogen functional groups attached to an aromatic ring is 1. The van der Waals surface area contributed by atoms with E-state index in [1.807, 2.05) is 13.8 Å². The van der Waals surface area contributed by atoms with Crippen LogP contribution in [-0.2, 0) is 0 Å². The lowest BCUT2D eigenvalue weighted by atomic mass is 10.0. The molecule has 0 radical (unpaired) electrons. The third-order valence-electron chi connectivity index (χ3n) is 2.01. The van der Waals surface area contributed by atoms with E-state index in [0.29, 0.717) is 11.3 Å². The second-order valence-electron chi connectivity index (χ2n) is 2.73. The molecule has 1 aromatic carbocycles. The number of benzene rings is 1. The van der Waals surface area contributed by atoms with E-state index in [2.05, 4.69) is 15.9 Å². The number of aldehydes is 1. The molecule has 0 atom stereocenters. The van der Waals surface area contributed by atoms with Crippen molar-refractivity contribution < 1.29 is 4.79 Å². The van der Waals surface area contributed by atoms with E-state index in [0.717, 1.165) is 21.9 Å². The van der Waals surface area contributed by atoms with Gasteiger partial charge in [0.1, 0.15) is 6.29 Å². The van der Waals surface area contributed by atoms with Crippen LogP contribution in [-0.4, -0.2) is 6.29 Å². The molecule has 0 aliphatic rings. The highest BCUT2D eigenvalue weighted by atomic mass is 79.9. The van der Waals surface area contributed by atoms with Gasteiger partial charge < -0.3 is 5.73 Å². The van der Waals surface area contributed by atoms with Crippen LogP contribution in [0.25, 0.3) is 0 Å². The van der Waals surface area contributed by atoms with Crippen LogP contribution in [0.1, 0.15) is 21.5 Å². The minimum Gasteiger partial charge on any atom is -0.398 e. The quantitative estimate of drug-likeness (QED) is 0.592. The standard InChI is InChI=1S/C9H10BrNO/c1-5-7(4-12)3-8(10)6(2)9(5)11/h3-4H,11H2,1-2H3. The van der Waals surface area contributed by atoms with Gasteiger partial charge in [-0.05, 0) is 31.0 Å². The summed E-state index contributed by atoms with van der Waals surface area (Å²) < 4.78 is 0.882. The first-order valence-corrected chi connectivity index (χ1v) is 4.37. The molecule has 0 amide bonds. The van der Waals surface area contributed by atoms with E-state index in [1.54, 1.807) is 6.07 Å². The van der Waals surface area contributed by atoms with Gasteiger partial charge in [0.2, 0.25) is 0 Å². The number of halogens is 1. The molecular weight excluding hydrogens is 218 g/mol. The Labute approximate surface area is 79.9 Å². The number of carbonyl (C=O) groups is 1. The van der Waals surface area contributed by atoms with Crippen LogP contribution in [0, 0.1) is 13.8 Å². The van der Waals surface area contributed by atoms with Crippen molar-refractivity contribution in [1.29, 1.82) is 0 Å². The topological polar surface area (TPSA) is 43.1 Å². The predicted molar refractivity (Wildman–Crippen MR) is 53.4 cm³/mol. The molecule has 0 aromatic heterocycles. The van der Waals surface area contributed by atoms with Gasteiger partial charge in [-0.25, -0.2) is 0 Å². The zero-order chi connectivity index (χ0) is 9.30. The molecule has 1 rings (SSSR count). The van der Waals surface area contributed by atoms with Gasteiger partial charge in [0, 0.05) is 15.7 Å². The average Bonchev–Trinajstić information content (AvgIpc) is 2.08. The Bertz CT molecular complexity index is 334. The average molecular weight is 228 g/mol. The normalized spacial score (nSPS) is 9.92.